The minimum absolute atomic E-state index is 0.0256. The molecule has 2 aromatic heterocycles. The molecule has 6 nitrogen and oxygen atoms in total. The molecule has 3 aliphatic rings. The minimum atomic E-state index is -4.79. The van der Waals surface area contributed by atoms with Crippen LogP contribution < -0.4 is 10.6 Å². The lowest BCUT2D eigenvalue weighted by molar-refractivity contribution is -0.140. The van der Waals surface area contributed by atoms with Gasteiger partial charge in [0.05, 0.1) is 10.6 Å². The van der Waals surface area contributed by atoms with Gasteiger partial charge in [0.2, 0.25) is 5.95 Å². The van der Waals surface area contributed by atoms with E-state index in [9.17, 15) is 31.1 Å². The predicted molar refractivity (Wildman–Crippen MR) is 140 cm³/mol. The highest BCUT2D eigenvalue weighted by atomic mass is 32.2. The zero-order chi connectivity index (χ0) is 28.2. The van der Waals surface area contributed by atoms with Crippen LogP contribution in [0.25, 0.3) is 10.6 Å². The third-order valence-electron chi connectivity index (χ3n) is 7.02. The Labute approximate surface area is 233 Å². The van der Waals surface area contributed by atoms with Crippen molar-refractivity contribution in [1.29, 1.82) is 0 Å². The van der Waals surface area contributed by atoms with Gasteiger partial charge in [0.1, 0.15) is 17.0 Å². The first-order chi connectivity index (χ1) is 19.0. The van der Waals surface area contributed by atoms with Crippen molar-refractivity contribution in [3.63, 3.8) is 0 Å². The first kappa shape index (κ1) is 27.3. The molecule has 1 fully saturated rings. The summed E-state index contributed by atoms with van der Waals surface area (Å²) in [7, 11) is 0. The van der Waals surface area contributed by atoms with E-state index in [0.717, 1.165) is 72.3 Å². The number of nitrogens with zero attached hydrogens (tertiary/aromatic N) is 3. The summed E-state index contributed by atoms with van der Waals surface area (Å²) in [4.78, 5) is 22.2. The van der Waals surface area contributed by atoms with Crippen molar-refractivity contribution in [3.05, 3.63) is 51.5 Å². The molecular weight excluding hydrogens is 576 g/mol. The van der Waals surface area contributed by atoms with Crippen LogP contribution in [0.15, 0.2) is 29.3 Å². The first-order valence-corrected chi connectivity index (χ1v) is 14.5. The number of fused-ring (bicyclic) bond motifs is 2. The number of hydrogen-bond acceptors (Lipinski definition) is 7. The molecule has 1 amide bonds. The maximum Gasteiger partial charge on any atom is 0.420 e. The van der Waals surface area contributed by atoms with E-state index in [-0.39, 0.29) is 28.0 Å². The van der Waals surface area contributed by atoms with Gasteiger partial charge in [0.15, 0.2) is 0 Å². The average molecular weight is 600 g/mol. The molecule has 1 aliphatic carbocycles. The number of halogens is 6. The normalized spacial score (nSPS) is 17.9. The van der Waals surface area contributed by atoms with Gasteiger partial charge in [-0.2, -0.15) is 26.3 Å². The molecule has 0 atom stereocenters. The van der Waals surface area contributed by atoms with E-state index < -0.39 is 36.1 Å². The SMILES string of the molecule is O=C1c2sc(-c3nc(Nc4cc5c(cc4C4CC4)CNCC5)ncc3C(F)(F)F)cc2SCCN1CC(F)(F)F. The van der Waals surface area contributed by atoms with Gasteiger partial charge >= 0.3 is 12.4 Å². The van der Waals surface area contributed by atoms with Crippen LogP contribution in [0.1, 0.15) is 50.7 Å². The van der Waals surface area contributed by atoms with Gasteiger partial charge in [-0.1, -0.05) is 6.07 Å². The monoisotopic (exact) mass is 599 g/mol. The van der Waals surface area contributed by atoms with Crippen LogP contribution in [0.2, 0.25) is 0 Å². The third kappa shape index (κ3) is 5.66. The number of carbonyl (C=O) groups is 1. The Morgan fingerprint density at radius 2 is 1.90 bits per heavy atom. The van der Waals surface area contributed by atoms with Gasteiger partial charge in [-0.25, -0.2) is 9.97 Å². The number of rotatable bonds is 5. The molecule has 14 heteroatoms. The molecule has 4 heterocycles. The van der Waals surface area contributed by atoms with Gasteiger partial charge in [0, 0.05) is 35.6 Å². The molecule has 0 bridgehead atoms. The highest BCUT2D eigenvalue weighted by Gasteiger charge is 2.39. The number of aromatic nitrogens is 2. The van der Waals surface area contributed by atoms with E-state index in [1.165, 1.54) is 11.6 Å². The van der Waals surface area contributed by atoms with Gasteiger partial charge in [0.25, 0.3) is 5.91 Å². The van der Waals surface area contributed by atoms with E-state index >= 15 is 0 Å². The van der Waals surface area contributed by atoms with Crippen molar-refractivity contribution in [3.8, 4) is 10.6 Å². The quantitative estimate of drug-likeness (QED) is 0.322. The molecule has 1 aromatic carbocycles. The molecule has 0 spiro atoms. The number of thiophene rings is 1. The fraction of sp³-hybridized carbons (Fsp3) is 0.423. The molecule has 6 rings (SSSR count). The number of alkyl halides is 6. The summed E-state index contributed by atoms with van der Waals surface area (Å²) in [6, 6.07) is 5.56. The minimum Gasteiger partial charge on any atom is -0.328 e. The van der Waals surface area contributed by atoms with Crippen molar-refractivity contribution in [2.45, 2.75) is 49.0 Å². The summed E-state index contributed by atoms with van der Waals surface area (Å²) in [5, 5.41) is 6.48. The highest BCUT2D eigenvalue weighted by molar-refractivity contribution is 7.99. The van der Waals surface area contributed by atoms with Gasteiger partial charge in [-0.3, -0.25) is 4.79 Å². The number of thioether (sulfide) groups is 1. The maximum atomic E-state index is 14.0. The van der Waals surface area contributed by atoms with Crippen LogP contribution in [0.3, 0.4) is 0 Å². The van der Waals surface area contributed by atoms with Crippen LogP contribution in [0.5, 0.6) is 0 Å². The lowest BCUT2D eigenvalue weighted by Gasteiger charge is -2.21. The lowest BCUT2D eigenvalue weighted by Crippen LogP contribution is -2.39. The molecule has 0 saturated heterocycles. The van der Waals surface area contributed by atoms with Crippen LogP contribution in [0, 0.1) is 0 Å². The smallest absolute Gasteiger partial charge is 0.328 e. The Balaban J connectivity index is 1.38. The van der Waals surface area contributed by atoms with Crippen LogP contribution in [0.4, 0.5) is 38.0 Å². The number of hydrogen-bond donors (Lipinski definition) is 2. The molecule has 3 aromatic rings. The van der Waals surface area contributed by atoms with E-state index in [2.05, 4.69) is 26.7 Å². The van der Waals surface area contributed by atoms with Crippen LogP contribution >= 0.6 is 23.1 Å². The van der Waals surface area contributed by atoms with Gasteiger partial charge in [-0.05, 0) is 60.5 Å². The Morgan fingerprint density at radius 1 is 1.10 bits per heavy atom. The molecule has 40 heavy (non-hydrogen) atoms. The summed E-state index contributed by atoms with van der Waals surface area (Å²) in [6.07, 6.45) is -5.79. The zero-order valence-corrected chi connectivity index (χ0v) is 22.5. The second-order valence-electron chi connectivity index (χ2n) is 9.98. The summed E-state index contributed by atoms with van der Waals surface area (Å²) in [6.45, 7) is 0.0522. The molecule has 212 valence electrons. The zero-order valence-electron chi connectivity index (χ0n) is 20.9. The summed E-state index contributed by atoms with van der Waals surface area (Å²) in [5.74, 6) is -0.336. The number of anilines is 2. The number of amides is 1. The van der Waals surface area contributed by atoms with E-state index in [1.54, 1.807) is 0 Å². The number of nitrogens with one attached hydrogen (secondary N) is 2. The van der Waals surface area contributed by atoms with E-state index in [1.807, 2.05) is 6.07 Å². The molecular formula is C26H23F6N5OS2. The van der Waals surface area contributed by atoms with E-state index in [4.69, 9.17) is 0 Å². The van der Waals surface area contributed by atoms with Crippen molar-refractivity contribution in [1.82, 2.24) is 20.2 Å². The average Bonchev–Trinajstić information content (AvgIpc) is 3.66. The van der Waals surface area contributed by atoms with Gasteiger partial charge < -0.3 is 15.5 Å². The van der Waals surface area contributed by atoms with Crippen LogP contribution in [-0.2, 0) is 19.1 Å². The topological polar surface area (TPSA) is 70.1 Å². The van der Waals surface area contributed by atoms with Gasteiger partial charge in [-0.15, -0.1) is 23.1 Å². The second kappa shape index (κ2) is 10.2. The molecule has 2 aliphatic heterocycles. The molecule has 0 radical (unpaired) electrons. The summed E-state index contributed by atoms with van der Waals surface area (Å²) < 4.78 is 81.2. The Bertz CT molecular complexity index is 1470. The Hall–Kier alpha value is -2.84. The molecule has 0 unspecified atom stereocenters. The maximum absolute atomic E-state index is 14.0. The van der Waals surface area contributed by atoms with Crippen molar-refractivity contribution < 1.29 is 31.1 Å². The molecule has 2 N–H and O–H groups in total. The molecule has 1 saturated carbocycles. The van der Waals surface area contributed by atoms with Crippen LogP contribution in [-0.4, -0.2) is 52.3 Å². The van der Waals surface area contributed by atoms with E-state index in [0.29, 0.717) is 21.9 Å². The fourth-order valence-electron chi connectivity index (χ4n) is 4.98. The van der Waals surface area contributed by atoms with Crippen molar-refractivity contribution in [2.24, 2.45) is 0 Å². The number of carbonyl (C=O) groups excluding carboxylic acids is 1. The standard InChI is InChI=1S/C26H23F6N5OS2/c27-25(28,29)12-37-5-6-39-20-9-19(40-22(20)23(37)38)21-17(26(30,31)32)11-34-24(36-21)35-18-8-14-3-4-33-10-15(14)7-16(18)13-1-2-13/h7-9,11,13,33H,1-6,10,12H2,(H,34,35,36). The predicted octanol–water partition coefficient (Wildman–Crippen LogP) is 6.60. The summed E-state index contributed by atoms with van der Waals surface area (Å²) >= 11 is 1.86. The Kier molecular flexibility index (Phi) is 6.98. The number of benzene rings is 1. The fourth-order valence-corrected chi connectivity index (χ4v) is 7.33. The summed E-state index contributed by atoms with van der Waals surface area (Å²) in [5.41, 5.74) is 2.67. The lowest BCUT2D eigenvalue weighted by atomic mass is 9.95. The Morgan fingerprint density at radius 3 is 2.62 bits per heavy atom. The van der Waals surface area contributed by atoms with Crippen molar-refractivity contribution in [2.75, 3.05) is 30.7 Å². The third-order valence-corrected chi connectivity index (χ3v) is 9.30. The largest absolute Gasteiger partial charge is 0.420 e. The highest BCUT2D eigenvalue weighted by Crippen LogP contribution is 2.46. The van der Waals surface area contributed by atoms with Crippen molar-refractivity contribution >= 4 is 40.6 Å². The second-order valence-corrected chi connectivity index (χ2v) is 12.2. The first-order valence-electron chi connectivity index (χ1n) is 12.7.